The molecule has 2 heterocycles. The van der Waals surface area contributed by atoms with Crippen LogP contribution in [0.15, 0.2) is 78.6 Å². The molecule has 0 aliphatic heterocycles. The summed E-state index contributed by atoms with van der Waals surface area (Å²) in [5, 5.41) is 47.3. The van der Waals surface area contributed by atoms with Crippen molar-refractivity contribution >= 4 is 76.0 Å². The lowest BCUT2D eigenvalue weighted by Gasteiger charge is -2.28. The maximum atomic E-state index is 14.5. The first-order valence-electron chi connectivity index (χ1n) is 21.1. The summed E-state index contributed by atoms with van der Waals surface area (Å²) in [6.45, 7) is -0.803. The number of benzene rings is 2. The Labute approximate surface area is 392 Å². The van der Waals surface area contributed by atoms with E-state index in [2.05, 4.69) is 57.5 Å². The number of alkyl halides is 1. The van der Waals surface area contributed by atoms with Gasteiger partial charge in [0.15, 0.2) is 5.96 Å². The van der Waals surface area contributed by atoms with E-state index in [-0.39, 0.29) is 67.7 Å². The molecule has 2 aromatic carbocycles. The topological polar surface area (TPSA) is 388 Å². The number of nitrogens with one attached hydrogen (secondary N) is 10. The number of aromatic nitrogens is 3. The van der Waals surface area contributed by atoms with Crippen LogP contribution in [0.5, 0.6) is 0 Å². The molecule has 5 atom stereocenters. The lowest BCUT2D eigenvalue weighted by Crippen LogP contribution is -2.60. The molecular weight excluding hydrogens is 912 g/mol. The van der Waals surface area contributed by atoms with Gasteiger partial charge in [0, 0.05) is 67.9 Å². The summed E-state index contributed by atoms with van der Waals surface area (Å²) in [4.78, 5) is 128. The van der Waals surface area contributed by atoms with Crippen LogP contribution in [0.1, 0.15) is 42.5 Å². The summed E-state index contributed by atoms with van der Waals surface area (Å²) in [7, 11) is 0. The highest BCUT2D eigenvalue weighted by Crippen LogP contribution is 2.20. The van der Waals surface area contributed by atoms with E-state index in [1.165, 1.54) is 12.5 Å². The third kappa shape index (κ3) is 16.7. The summed E-state index contributed by atoms with van der Waals surface area (Å²) in [5.74, 6) is -7.87. The van der Waals surface area contributed by atoms with Gasteiger partial charge in [-0.2, -0.15) is 5.01 Å². The normalized spacial score (nSPS) is 13.0. The van der Waals surface area contributed by atoms with Crippen LogP contribution in [0, 0.1) is 10.3 Å². The van der Waals surface area contributed by atoms with Gasteiger partial charge >= 0.3 is 18.0 Å². The van der Waals surface area contributed by atoms with Gasteiger partial charge in [-0.3, -0.25) is 39.0 Å². The second-order valence-corrected chi connectivity index (χ2v) is 15.5. The number of halogens is 1. The number of guanidine groups is 1. The van der Waals surface area contributed by atoms with Gasteiger partial charge in [-0.1, -0.05) is 48.5 Å². The molecule has 25 nitrogen and oxygen atoms in total. The second-order valence-electron chi connectivity index (χ2n) is 15.2. The Kier molecular flexibility index (Phi) is 20.7. The summed E-state index contributed by atoms with van der Waals surface area (Å²) >= 11 is 5.65. The van der Waals surface area contributed by atoms with Crippen LogP contribution in [-0.2, 0) is 52.8 Å². The van der Waals surface area contributed by atoms with Gasteiger partial charge < -0.3 is 63.1 Å². The third-order valence-corrected chi connectivity index (χ3v) is 10.4. The first-order valence-corrected chi connectivity index (χ1v) is 21.7. The number of amides is 7. The molecule has 0 fully saturated rings. The number of nitrogens with two attached hydrogens (primary N) is 1. The Morgan fingerprint density at radius 2 is 1.37 bits per heavy atom. The number of aliphatic carboxylic acids is 2. The maximum absolute atomic E-state index is 14.5. The molecule has 0 radical (unpaired) electrons. The van der Waals surface area contributed by atoms with Crippen LogP contribution in [0.25, 0.3) is 10.9 Å². The molecule has 0 aliphatic carbocycles. The van der Waals surface area contributed by atoms with E-state index < -0.39 is 97.1 Å². The molecular formula is C42H53ClN14O11. The van der Waals surface area contributed by atoms with Crippen molar-refractivity contribution in [2.24, 2.45) is 11.0 Å². The Bertz CT molecular complexity index is 2380. The van der Waals surface area contributed by atoms with Gasteiger partial charge in [-0.25, -0.2) is 9.78 Å². The van der Waals surface area contributed by atoms with E-state index in [1.807, 2.05) is 0 Å². The van der Waals surface area contributed by atoms with Crippen molar-refractivity contribution in [2.75, 3.05) is 25.5 Å². The average Bonchev–Trinajstić information content (AvgIpc) is 3.99. The summed E-state index contributed by atoms with van der Waals surface area (Å²) in [6.07, 6.45) is 2.50. The molecule has 0 unspecified atom stereocenters. The highest BCUT2D eigenvalue weighted by Gasteiger charge is 2.36. The monoisotopic (exact) mass is 964 g/mol. The molecule has 0 aliphatic rings. The SMILES string of the molecule is N=C(N)NCCC[C@H](NC(=O)[C@H](Cc1ccccc1)NC(=O)[C@H](Cc1c[nH]cn1)NC(=O)[C@H](CCC(=O)O)N(N=O)C(=O)NCCCl)C(=O)N[C@@H](Cc1c[nH]c2ccccc12)C(=O)NCC(=O)O. The number of hydrogen-bond donors (Lipinski definition) is 13. The first kappa shape index (κ1) is 52.5. The Hall–Kier alpha value is -8.09. The van der Waals surface area contributed by atoms with E-state index in [9.17, 15) is 53.5 Å². The molecule has 14 N–H and O–H groups in total. The van der Waals surface area contributed by atoms with Crippen LogP contribution < -0.4 is 43.0 Å². The van der Waals surface area contributed by atoms with Crippen molar-refractivity contribution in [3.05, 3.63) is 95.0 Å². The van der Waals surface area contributed by atoms with Gasteiger partial charge in [0.05, 0.1) is 17.3 Å². The first-order chi connectivity index (χ1) is 32.6. The number of para-hydroxylation sites is 1. The predicted molar refractivity (Wildman–Crippen MR) is 244 cm³/mol. The van der Waals surface area contributed by atoms with Crippen molar-refractivity contribution < 1.29 is 48.6 Å². The van der Waals surface area contributed by atoms with Gasteiger partial charge in [0.25, 0.3) is 0 Å². The lowest BCUT2D eigenvalue weighted by atomic mass is 10.0. The highest BCUT2D eigenvalue weighted by atomic mass is 35.5. The predicted octanol–water partition coefficient (Wildman–Crippen LogP) is -0.513. The van der Waals surface area contributed by atoms with E-state index in [4.69, 9.17) is 22.7 Å². The minimum absolute atomic E-state index is 0.0748. The van der Waals surface area contributed by atoms with Gasteiger partial charge in [0.2, 0.25) is 29.5 Å². The second kappa shape index (κ2) is 26.8. The number of imidazole rings is 1. The molecule has 4 rings (SSSR count). The molecule has 0 bridgehead atoms. The number of hydrogen-bond acceptors (Lipinski definition) is 12. The number of nitroso groups, excluding NO2 is 1. The number of H-pyrrole nitrogens is 2. The molecule has 26 heteroatoms. The number of urea groups is 1. The van der Waals surface area contributed by atoms with Crippen LogP contribution in [-0.4, -0.2) is 139 Å². The summed E-state index contributed by atoms with van der Waals surface area (Å²) < 4.78 is 0. The Balaban J connectivity index is 1.66. The molecule has 0 saturated carbocycles. The molecule has 4 aromatic rings. The molecule has 68 heavy (non-hydrogen) atoms. The summed E-state index contributed by atoms with van der Waals surface area (Å²) in [6, 6.07) is 6.77. The quantitative estimate of drug-likeness (QED) is 0.00852. The number of nitrogens with zero attached hydrogens (tertiary/aromatic N) is 3. The van der Waals surface area contributed by atoms with Crippen LogP contribution >= 0.6 is 11.6 Å². The van der Waals surface area contributed by atoms with Crippen LogP contribution in [0.3, 0.4) is 0 Å². The number of fused-ring (bicyclic) bond motifs is 1. The number of aromatic amines is 2. The zero-order chi connectivity index (χ0) is 49.6. The highest BCUT2D eigenvalue weighted by molar-refractivity contribution is 6.18. The number of carbonyl (C=O) groups is 8. The van der Waals surface area contributed by atoms with Crippen molar-refractivity contribution in [1.29, 1.82) is 5.41 Å². The third-order valence-electron chi connectivity index (χ3n) is 10.2. The zero-order valence-corrected chi connectivity index (χ0v) is 37.2. The number of rotatable bonds is 28. The van der Waals surface area contributed by atoms with Crippen molar-refractivity contribution in [2.45, 2.75) is 75.2 Å². The standard InChI is InChI=1S/C42H53ClN14O11/c43-14-16-48-42(67)57(56-68)33(12-13-34(58)59)40(66)55-32(19-26-21-46-23-51-26)39(65)53-30(17-24-7-2-1-3-8-24)38(64)52-29(11-6-15-47-41(44)45)37(63)54-31(36(62)50-22-35(60)61)18-25-20-49-28-10-5-4-9-27(25)28/h1-5,7-10,20-21,23,29-33,49H,6,11-19,22H2,(H,46,51)(H,48,67)(H,50,62)(H,52,64)(H,53,65)(H,54,63)(H,55,66)(H,58,59)(H,60,61)(H4,44,45,47)/t29-,30-,31-,32-,33-/m0/s1. The van der Waals surface area contributed by atoms with Crippen molar-refractivity contribution in [3.63, 3.8) is 0 Å². The number of carboxylic acids is 2. The van der Waals surface area contributed by atoms with E-state index in [1.54, 1.807) is 60.8 Å². The molecule has 2 aromatic heterocycles. The van der Waals surface area contributed by atoms with Gasteiger partial charge in [-0.05, 0) is 36.5 Å². The Morgan fingerprint density at radius 1 is 0.735 bits per heavy atom. The minimum atomic E-state index is -1.83. The fraction of sp³-hybridized carbons (Fsp3) is 0.381. The zero-order valence-electron chi connectivity index (χ0n) is 36.5. The molecule has 0 spiro atoms. The summed E-state index contributed by atoms with van der Waals surface area (Å²) in [5.41, 5.74) is 7.59. The number of carbonyl (C=O) groups excluding carboxylic acids is 6. The van der Waals surface area contributed by atoms with Crippen molar-refractivity contribution in [3.8, 4) is 0 Å². The lowest BCUT2D eigenvalue weighted by molar-refractivity contribution is -0.139. The molecule has 7 amide bonds. The van der Waals surface area contributed by atoms with Crippen molar-refractivity contribution in [1.82, 2.24) is 57.2 Å². The van der Waals surface area contributed by atoms with Crippen LogP contribution in [0.4, 0.5) is 4.79 Å². The largest absolute Gasteiger partial charge is 0.481 e. The number of carboxylic acid groups (broad SMARTS) is 2. The maximum Gasteiger partial charge on any atom is 0.341 e. The molecule has 0 saturated heterocycles. The Morgan fingerprint density at radius 3 is 2.00 bits per heavy atom. The van der Waals surface area contributed by atoms with Crippen LogP contribution in [0.2, 0.25) is 0 Å². The van der Waals surface area contributed by atoms with E-state index in [0.29, 0.717) is 11.1 Å². The molecule has 364 valence electrons. The van der Waals surface area contributed by atoms with Gasteiger partial charge in [0.1, 0.15) is 36.8 Å². The van der Waals surface area contributed by atoms with E-state index >= 15 is 0 Å². The average molecular weight is 965 g/mol. The fourth-order valence-corrected chi connectivity index (χ4v) is 6.97. The fourth-order valence-electron chi connectivity index (χ4n) is 6.87. The van der Waals surface area contributed by atoms with E-state index in [0.717, 1.165) is 10.9 Å². The smallest absolute Gasteiger partial charge is 0.341 e. The van der Waals surface area contributed by atoms with Gasteiger partial charge in [-0.15, -0.1) is 16.5 Å². The minimum Gasteiger partial charge on any atom is -0.481 e.